The lowest BCUT2D eigenvalue weighted by Gasteiger charge is -2.18. The molecule has 151 valence electrons. The second-order valence-electron chi connectivity index (χ2n) is 7.81. The summed E-state index contributed by atoms with van der Waals surface area (Å²) in [5, 5.41) is 24.9. The van der Waals surface area contributed by atoms with Gasteiger partial charge in [0.25, 0.3) is 0 Å². The summed E-state index contributed by atoms with van der Waals surface area (Å²) in [5.41, 5.74) is 6.23. The summed E-state index contributed by atoms with van der Waals surface area (Å²) in [6.07, 6.45) is 2.99. The highest BCUT2D eigenvalue weighted by atomic mass is 16.3. The molecule has 1 aliphatic carbocycles. The Balaban J connectivity index is 1.48. The highest BCUT2D eigenvalue weighted by Gasteiger charge is 2.23. The zero-order valence-corrected chi connectivity index (χ0v) is 16.7. The van der Waals surface area contributed by atoms with Gasteiger partial charge in [0.15, 0.2) is 0 Å². The minimum atomic E-state index is -0.741. The molecule has 3 aromatic rings. The first-order chi connectivity index (χ1) is 14.0. The van der Waals surface area contributed by atoms with E-state index < -0.39 is 6.10 Å². The van der Waals surface area contributed by atoms with Crippen molar-refractivity contribution in [2.24, 2.45) is 0 Å². The van der Waals surface area contributed by atoms with Gasteiger partial charge < -0.3 is 20.5 Å². The van der Waals surface area contributed by atoms with Gasteiger partial charge in [-0.1, -0.05) is 25.1 Å². The van der Waals surface area contributed by atoms with E-state index in [9.17, 15) is 15.0 Å². The molecule has 2 aromatic carbocycles. The number of H-pyrrole nitrogens is 1. The number of aromatic hydroxyl groups is 1. The normalized spacial score (nSPS) is 15.0. The fraction of sp³-hybridized carbons (Fsp3) is 0.333. The number of aliphatic hydroxyl groups excluding tert-OH is 1. The van der Waals surface area contributed by atoms with Crippen molar-refractivity contribution in [3.05, 3.63) is 81.5 Å². The Hall–Kier alpha value is -2.63. The Labute approximate surface area is 170 Å². The van der Waals surface area contributed by atoms with E-state index in [4.69, 9.17) is 0 Å². The number of aromatic amines is 1. The standard InChI is InChI=1S/C24H27N2O3/c1-3-14-9-16-11-18(12-17(16)10-15(14)4-2)25-13-22(28)19-5-7-21(27)24-20(19)6-8-23(29)26-24/h5-10,18,22,25,27-28H,1,3-4,11-13H2,2H3,(H,26,29)/t18?,22-/m0/s1. The van der Waals surface area contributed by atoms with Crippen LogP contribution in [0.1, 0.15) is 40.8 Å². The summed E-state index contributed by atoms with van der Waals surface area (Å²) < 4.78 is 0. The predicted octanol–water partition coefficient (Wildman–Crippen LogP) is 2.96. The number of nitrogens with one attached hydrogen (secondary N) is 2. The molecule has 0 amide bonds. The molecule has 1 unspecified atom stereocenters. The molecule has 1 radical (unpaired) electrons. The van der Waals surface area contributed by atoms with E-state index in [0.717, 1.165) is 25.7 Å². The summed E-state index contributed by atoms with van der Waals surface area (Å²) in [7, 11) is 0. The smallest absolute Gasteiger partial charge is 0.248 e. The number of benzene rings is 2. The average Bonchev–Trinajstić information content (AvgIpc) is 3.13. The van der Waals surface area contributed by atoms with E-state index in [2.05, 4.69) is 36.3 Å². The van der Waals surface area contributed by atoms with Crippen LogP contribution in [-0.2, 0) is 25.7 Å². The lowest BCUT2D eigenvalue weighted by atomic mass is 9.97. The molecule has 1 aromatic heterocycles. The van der Waals surface area contributed by atoms with Crippen molar-refractivity contribution in [3.8, 4) is 5.75 Å². The van der Waals surface area contributed by atoms with Crippen molar-refractivity contribution >= 4 is 10.9 Å². The molecule has 4 rings (SSSR count). The van der Waals surface area contributed by atoms with Gasteiger partial charge in [0.1, 0.15) is 5.75 Å². The van der Waals surface area contributed by atoms with Gasteiger partial charge in [0, 0.05) is 24.0 Å². The maximum absolute atomic E-state index is 11.6. The van der Waals surface area contributed by atoms with Gasteiger partial charge in [0.05, 0.1) is 11.6 Å². The first-order valence-electron chi connectivity index (χ1n) is 10.2. The van der Waals surface area contributed by atoms with Crippen LogP contribution in [0, 0.1) is 6.92 Å². The van der Waals surface area contributed by atoms with Crippen molar-refractivity contribution in [2.75, 3.05) is 6.54 Å². The number of rotatable bonds is 6. The third kappa shape index (κ3) is 3.80. The Kier molecular flexibility index (Phi) is 5.43. The maximum Gasteiger partial charge on any atom is 0.248 e. The molecule has 0 aliphatic heterocycles. The van der Waals surface area contributed by atoms with Crippen LogP contribution in [0.5, 0.6) is 5.75 Å². The Morgan fingerprint density at radius 3 is 2.59 bits per heavy atom. The highest BCUT2D eigenvalue weighted by molar-refractivity contribution is 5.87. The molecule has 29 heavy (non-hydrogen) atoms. The summed E-state index contributed by atoms with van der Waals surface area (Å²) in [6.45, 7) is 6.63. The van der Waals surface area contributed by atoms with Gasteiger partial charge in [-0.15, -0.1) is 0 Å². The summed E-state index contributed by atoms with van der Waals surface area (Å²) in [5.74, 6) is 0.000739. The molecule has 1 aliphatic rings. The van der Waals surface area contributed by atoms with E-state index in [1.165, 1.54) is 34.4 Å². The monoisotopic (exact) mass is 391 g/mol. The van der Waals surface area contributed by atoms with E-state index in [0.29, 0.717) is 23.0 Å². The van der Waals surface area contributed by atoms with Crippen molar-refractivity contribution in [2.45, 2.75) is 44.8 Å². The first kappa shape index (κ1) is 19.7. The van der Waals surface area contributed by atoms with Crippen molar-refractivity contribution in [1.29, 1.82) is 0 Å². The molecule has 0 saturated carbocycles. The molecule has 0 saturated heterocycles. The quantitative estimate of drug-likeness (QED) is 0.520. The lowest BCUT2D eigenvalue weighted by molar-refractivity contribution is 0.171. The fourth-order valence-electron chi connectivity index (χ4n) is 4.42. The van der Waals surface area contributed by atoms with Crippen LogP contribution in [0.3, 0.4) is 0 Å². The number of phenolic OH excluding ortho intramolecular Hbond substituents is 1. The molecule has 5 nitrogen and oxygen atoms in total. The number of pyridine rings is 1. The molecule has 1 heterocycles. The molecular formula is C24H27N2O3. The van der Waals surface area contributed by atoms with Crippen LogP contribution < -0.4 is 10.9 Å². The SMILES string of the molecule is [CH2]Cc1cc2c(cc1CC)CC(NC[C@H](O)c1ccc(O)c3[nH]c(=O)ccc13)C2. The second kappa shape index (κ2) is 8.01. The molecular weight excluding hydrogens is 364 g/mol. The third-order valence-corrected chi connectivity index (χ3v) is 5.97. The Bertz CT molecular complexity index is 1070. The van der Waals surface area contributed by atoms with Crippen LogP contribution in [0.25, 0.3) is 10.9 Å². The molecule has 0 bridgehead atoms. The zero-order chi connectivity index (χ0) is 20.5. The van der Waals surface area contributed by atoms with Crippen molar-refractivity contribution < 1.29 is 10.2 Å². The number of hydrogen-bond acceptors (Lipinski definition) is 4. The molecule has 4 N–H and O–H groups in total. The second-order valence-corrected chi connectivity index (χ2v) is 7.81. The van der Waals surface area contributed by atoms with Crippen LogP contribution in [-0.4, -0.2) is 27.8 Å². The molecule has 2 atom stereocenters. The lowest BCUT2D eigenvalue weighted by Crippen LogP contribution is -2.33. The molecule has 5 heteroatoms. The van der Waals surface area contributed by atoms with Crippen LogP contribution in [0.15, 0.2) is 41.2 Å². The minimum Gasteiger partial charge on any atom is -0.506 e. The van der Waals surface area contributed by atoms with Crippen molar-refractivity contribution in [1.82, 2.24) is 10.3 Å². The Morgan fingerprint density at radius 2 is 1.90 bits per heavy atom. The minimum absolute atomic E-state index is 0.000739. The van der Waals surface area contributed by atoms with Crippen LogP contribution in [0.4, 0.5) is 0 Å². The number of fused-ring (bicyclic) bond motifs is 2. The van der Waals surface area contributed by atoms with Gasteiger partial charge in [-0.25, -0.2) is 0 Å². The zero-order valence-electron chi connectivity index (χ0n) is 16.7. The maximum atomic E-state index is 11.6. The first-order valence-corrected chi connectivity index (χ1v) is 10.2. The van der Waals surface area contributed by atoms with Gasteiger partial charge in [-0.3, -0.25) is 4.79 Å². The van der Waals surface area contributed by atoms with Gasteiger partial charge in [-0.2, -0.15) is 0 Å². The van der Waals surface area contributed by atoms with Gasteiger partial charge >= 0.3 is 0 Å². The van der Waals surface area contributed by atoms with Gasteiger partial charge in [-0.05, 0) is 72.6 Å². The largest absolute Gasteiger partial charge is 0.506 e. The van der Waals surface area contributed by atoms with Crippen LogP contribution in [0.2, 0.25) is 0 Å². The molecule has 0 spiro atoms. The van der Waals surface area contributed by atoms with Crippen molar-refractivity contribution in [3.63, 3.8) is 0 Å². The number of aromatic nitrogens is 1. The number of hydrogen-bond donors (Lipinski definition) is 4. The summed E-state index contributed by atoms with van der Waals surface area (Å²) in [6, 6.07) is 11.2. The van der Waals surface area contributed by atoms with E-state index in [1.807, 2.05) is 0 Å². The third-order valence-electron chi connectivity index (χ3n) is 5.97. The Morgan fingerprint density at radius 1 is 1.17 bits per heavy atom. The van der Waals surface area contributed by atoms with Crippen LogP contribution >= 0.6 is 0 Å². The summed E-state index contributed by atoms with van der Waals surface area (Å²) >= 11 is 0. The van der Waals surface area contributed by atoms with E-state index in [1.54, 1.807) is 12.1 Å². The molecule has 0 fully saturated rings. The van der Waals surface area contributed by atoms with Gasteiger partial charge in [0.2, 0.25) is 5.56 Å². The number of phenols is 1. The topological polar surface area (TPSA) is 85.3 Å². The highest BCUT2D eigenvalue weighted by Crippen LogP contribution is 2.30. The van der Waals surface area contributed by atoms with E-state index in [-0.39, 0.29) is 17.4 Å². The number of aliphatic hydroxyl groups is 1. The van der Waals surface area contributed by atoms with E-state index >= 15 is 0 Å². The predicted molar refractivity (Wildman–Crippen MR) is 115 cm³/mol. The average molecular weight is 391 g/mol. The summed E-state index contributed by atoms with van der Waals surface area (Å²) in [4.78, 5) is 14.2. The fourth-order valence-corrected chi connectivity index (χ4v) is 4.42. The number of aryl methyl sites for hydroxylation is 1.